The summed E-state index contributed by atoms with van der Waals surface area (Å²) in [4.78, 5) is 11.0. The van der Waals surface area contributed by atoms with E-state index >= 15 is 0 Å². The Morgan fingerprint density at radius 1 is 1.47 bits per heavy atom. The lowest BCUT2D eigenvalue weighted by molar-refractivity contribution is -0.142. The highest BCUT2D eigenvalue weighted by molar-refractivity contribution is 7.89. The summed E-state index contributed by atoms with van der Waals surface area (Å²) in [6.45, 7) is 3.73. The Kier molecular flexibility index (Phi) is 7.50. The number of esters is 1. The number of sulfonamides is 1. The smallest absolute Gasteiger partial charge is 0.306 e. The largest absolute Gasteiger partial charge is 0.466 e. The Balaban J connectivity index is 4.21. The van der Waals surface area contributed by atoms with Crippen LogP contribution in [0.1, 0.15) is 33.1 Å². The van der Waals surface area contributed by atoms with Crippen molar-refractivity contribution < 1.29 is 17.9 Å². The van der Waals surface area contributed by atoms with Gasteiger partial charge in [-0.3, -0.25) is 4.79 Å². The van der Waals surface area contributed by atoms with E-state index in [1.165, 1.54) is 0 Å². The number of carbonyl (C=O) groups excluding carboxylic acids is 1. The quantitative estimate of drug-likeness (QED) is 0.644. The number of nitrogens with zero attached hydrogens (tertiary/aromatic N) is 1. The fourth-order valence-corrected chi connectivity index (χ4v) is 2.32. The third-order valence-electron chi connectivity index (χ3n) is 1.94. The molecule has 1 N–H and O–H groups in total. The number of rotatable bonds is 8. The second-order valence-corrected chi connectivity index (χ2v) is 5.34. The van der Waals surface area contributed by atoms with Crippen LogP contribution in [0.25, 0.3) is 0 Å². The molecular weight excluding hydrogens is 244 g/mol. The van der Waals surface area contributed by atoms with E-state index in [0.29, 0.717) is 12.8 Å². The molecule has 1 atom stereocenters. The van der Waals surface area contributed by atoms with Crippen molar-refractivity contribution >= 4 is 16.0 Å². The molecule has 0 aromatic rings. The molecule has 0 saturated heterocycles. The van der Waals surface area contributed by atoms with Crippen molar-refractivity contribution in [3.8, 4) is 6.07 Å². The lowest BCUT2D eigenvalue weighted by Crippen LogP contribution is -2.36. The Morgan fingerprint density at radius 3 is 2.59 bits per heavy atom. The minimum atomic E-state index is -3.60. The second-order valence-electron chi connectivity index (χ2n) is 3.46. The van der Waals surface area contributed by atoms with Crippen LogP contribution in [0.4, 0.5) is 0 Å². The number of nitriles is 1. The summed E-state index contributed by atoms with van der Waals surface area (Å²) in [5.41, 5.74) is 0. The van der Waals surface area contributed by atoms with Crippen LogP contribution in [-0.4, -0.2) is 32.8 Å². The molecule has 0 bridgehead atoms. The molecule has 0 aliphatic rings. The van der Waals surface area contributed by atoms with Crippen molar-refractivity contribution in [3.63, 3.8) is 0 Å². The maximum absolute atomic E-state index is 11.5. The van der Waals surface area contributed by atoms with Crippen LogP contribution in [0, 0.1) is 11.3 Å². The first kappa shape index (κ1) is 15.9. The first-order chi connectivity index (χ1) is 7.95. The maximum atomic E-state index is 11.5. The van der Waals surface area contributed by atoms with E-state index in [-0.39, 0.29) is 18.8 Å². The van der Waals surface area contributed by atoms with E-state index in [1.54, 1.807) is 6.92 Å². The molecule has 0 aliphatic carbocycles. The molecule has 0 radical (unpaired) electrons. The van der Waals surface area contributed by atoms with Gasteiger partial charge in [0.05, 0.1) is 24.8 Å². The second kappa shape index (κ2) is 8.03. The Labute approximate surface area is 102 Å². The van der Waals surface area contributed by atoms with E-state index in [9.17, 15) is 13.2 Å². The van der Waals surface area contributed by atoms with Crippen LogP contribution in [0.2, 0.25) is 0 Å². The minimum absolute atomic E-state index is 0.201. The molecule has 0 aliphatic heterocycles. The van der Waals surface area contributed by atoms with Crippen molar-refractivity contribution in [2.75, 3.05) is 12.4 Å². The first-order valence-corrected chi connectivity index (χ1v) is 7.15. The van der Waals surface area contributed by atoms with Crippen molar-refractivity contribution in [2.24, 2.45) is 0 Å². The molecule has 0 aromatic heterocycles. The van der Waals surface area contributed by atoms with Gasteiger partial charge in [-0.05, 0) is 13.3 Å². The fourth-order valence-electron chi connectivity index (χ4n) is 1.17. The van der Waals surface area contributed by atoms with Crippen molar-refractivity contribution in [2.45, 2.75) is 39.2 Å². The Morgan fingerprint density at radius 2 is 2.12 bits per heavy atom. The van der Waals surface area contributed by atoms with Gasteiger partial charge in [0.25, 0.3) is 0 Å². The molecule has 6 nitrogen and oxygen atoms in total. The third kappa shape index (κ3) is 7.71. The van der Waals surface area contributed by atoms with E-state index < -0.39 is 22.0 Å². The van der Waals surface area contributed by atoms with E-state index in [0.717, 1.165) is 0 Å². The van der Waals surface area contributed by atoms with Gasteiger partial charge < -0.3 is 4.74 Å². The maximum Gasteiger partial charge on any atom is 0.306 e. The highest BCUT2D eigenvalue weighted by atomic mass is 32.2. The zero-order chi connectivity index (χ0) is 13.3. The molecule has 0 heterocycles. The zero-order valence-electron chi connectivity index (χ0n) is 10.1. The standard InChI is InChI=1S/C10H18N2O4S/c1-3-5-9(8-11)12-17(14,15)7-6-10(13)16-4-2/h9,12H,3-7H2,1-2H3. The lowest BCUT2D eigenvalue weighted by Gasteiger charge is -2.10. The highest BCUT2D eigenvalue weighted by Gasteiger charge is 2.18. The number of hydrogen-bond acceptors (Lipinski definition) is 5. The van der Waals surface area contributed by atoms with Gasteiger partial charge in [0.2, 0.25) is 10.0 Å². The summed E-state index contributed by atoms with van der Waals surface area (Å²) in [5.74, 6) is -0.907. The predicted molar refractivity (Wildman–Crippen MR) is 62.5 cm³/mol. The van der Waals surface area contributed by atoms with E-state index in [1.807, 2.05) is 13.0 Å². The highest BCUT2D eigenvalue weighted by Crippen LogP contribution is 2.00. The van der Waals surface area contributed by atoms with E-state index in [2.05, 4.69) is 9.46 Å². The van der Waals surface area contributed by atoms with Gasteiger partial charge in [-0.1, -0.05) is 13.3 Å². The van der Waals surface area contributed by atoms with Crippen molar-refractivity contribution in [1.29, 1.82) is 5.26 Å². The van der Waals surface area contributed by atoms with Gasteiger partial charge in [-0.2, -0.15) is 9.98 Å². The van der Waals surface area contributed by atoms with Crippen LogP contribution in [0.3, 0.4) is 0 Å². The molecule has 0 aromatic carbocycles. The van der Waals surface area contributed by atoms with Gasteiger partial charge in [-0.15, -0.1) is 0 Å². The topological polar surface area (TPSA) is 96.3 Å². The van der Waals surface area contributed by atoms with Gasteiger partial charge in [0, 0.05) is 0 Å². The zero-order valence-corrected chi connectivity index (χ0v) is 10.9. The summed E-state index contributed by atoms with van der Waals surface area (Å²) in [6, 6.07) is 1.14. The summed E-state index contributed by atoms with van der Waals surface area (Å²) in [7, 11) is -3.60. The molecule has 0 saturated carbocycles. The summed E-state index contributed by atoms with van der Waals surface area (Å²) in [5, 5.41) is 8.71. The van der Waals surface area contributed by atoms with Crippen LogP contribution in [0.15, 0.2) is 0 Å². The SMILES string of the molecule is CCCC(C#N)NS(=O)(=O)CCC(=O)OCC. The molecule has 1 unspecified atom stereocenters. The predicted octanol–water partition coefficient (Wildman–Crippen LogP) is 0.551. The fraction of sp³-hybridized carbons (Fsp3) is 0.800. The van der Waals surface area contributed by atoms with Gasteiger partial charge in [0.1, 0.15) is 6.04 Å². The minimum Gasteiger partial charge on any atom is -0.466 e. The first-order valence-electron chi connectivity index (χ1n) is 5.50. The molecule has 7 heteroatoms. The van der Waals surface area contributed by atoms with Crippen LogP contribution >= 0.6 is 0 Å². The van der Waals surface area contributed by atoms with Crippen LogP contribution in [-0.2, 0) is 19.6 Å². The van der Waals surface area contributed by atoms with Crippen molar-refractivity contribution in [3.05, 3.63) is 0 Å². The molecule has 17 heavy (non-hydrogen) atoms. The summed E-state index contributed by atoms with van der Waals surface area (Å²) < 4.78 is 29.9. The number of hydrogen-bond donors (Lipinski definition) is 1. The van der Waals surface area contributed by atoms with E-state index in [4.69, 9.17) is 5.26 Å². The average molecular weight is 262 g/mol. The lowest BCUT2D eigenvalue weighted by atomic mass is 10.2. The molecule has 98 valence electrons. The summed E-state index contributed by atoms with van der Waals surface area (Å²) >= 11 is 0. The summed E-state index contributed by atoms with van der Waals surface area (Å²) in [6.07, 6.45) is 0.960. The third-order valence-corrected chi connectivity index (χ3v) is 3.32. The average Bonchev–Trinajstić information content (AvgIpc) is 2.26. The molecule has 0 spiro atoms. The Hall–Kier alpha value is -1.13. The van der Waals surface area contributed by atoms with Gasteiger partial charge >= 0.3 is 5.97 Å². The molecule has 0 fully saturated rings. The Bertz CT molecular complexity index is 372. The normalized spacial score (nSPS) is 12.8. The number of nitrogens with one attached hydrogen (secondary N) is 1. The monoisotopic (exact) mass is 262 g/mol. The number of carbonyl (C=O) groups is 1. The van der Waals surface area contributed by atoms with Crippen molar-refractivity contribution in [1.82, 2.24) is 4.72 Å². The van der Waals surface area contributed by atoms with Crippen LogP contribution < -0.4 is 4.72 Å². The van der Waals surface area contributed by atoms with Crippen LogP contribution in [0.5, 0.6) is 0 Å². The number of ether oxygens (including phenoxy) is 1. The van der Waals surface area contributed by atoms with Gasteiger partial charge in [-0.25, -0.2) is 8.42 Å². The molecule has 0 amide bonds. The molecular formula is C10H18N2O4S. The van der Waals surface area contributed by atoms with Gasteiger partial charge in [0.15, 0.2) is 0 Å². The molecule has 0 rings (SSSR count).